The number of halogens is 1. The molecule has 7 heteroatoms. The van der Waals surface area contributed by atoms with Crippen molar-refractivity contribution in [2.45, 2.75) is 19.3 Å². The fourth-order valence-electron chi connectivity index (χ4n) is 3.65. The van der Waals surface area contributed by atoms with Crippen LogP contribution in [0.5, 0.6) is 0 Å². The van der Waals surface area contributed by atoms with Crippen molar-refractivity contribution in [3.05, 3.63) is 71.3 Å². The van der Waals surface area contributed by atoms with Crippen LogP contribution in [0.25, 0.3) is 15.9 Å². The lowest BCUT2D eigenvalue weighted by Gasteiger charge is -2.12. The summed E-state index contributed by atoms with van der Waals surface area (Å²) < 4.78 is 16.1. The molecule has 0 aliphatic heterocycles. The summed E-state index contributed by atoms with van der Waals surface area (Å²) in [7, 11) is 1.73. The normalized spacial score (nSPS) is 13.1. The van der Waals surface area contributed by atoms with Crippen LogP contribution in [0, 0.1) is 5.82 Å². The lowest BCUT2D eigenvalue weighted by Crippen LogP contribution is -2.27. The summed E-state index contributed by atoms with van der Waals surface area (Å²) >= 11 is 1.48. The third kappa shape index (κ3) is 2.70. The molecule has 1 amide bonds. The Kier molecular flexibility index (Phi) is 3.98. The van der Waals surface area contributed by atoms with Gasteiger partial charge in [-0.2, -0.15) is 5.10 Å². The molecule has 5 rings (SSSR count). The van der Waals surface area contributed by atoms with Gasteiger partial charge in [-0.3, -0.25) is 9.69 Å². The fraction of sp³-hybridized carbons (Fsp3) is 0.190. The summed E-state index contributed by atoms with van der Waals surface area (Å²) in [6.07, 6.45) is 2.67. The molecule has 28 heavy (non-hydrogen) atoms. The smallest absolute Gasteiger partial charge is 0.280 e. The standard InChI is InChI=1S/C21H17FN4OS/c1-25(21-23-16-6-2-3-8-18(16)28-21)20(27)19-15-5-4-7-17(15)26(24-19)14-11-9-13(22)10-12-14/h2-3,6,8-12H,4-5,7H2,1H3. The molecule has 2 aromatic carbocycles. The zero-order valence-corrected chi connectivity index (χ0v) is 16.0. The first-order chi connectivity index (χ1) is 13.6. The molecule has 0 N–H and O–H groups in total. The largest absolute Gasteiger partial charge is 0.286 e. The molecule has 2 heterocycles. The van der Waals surface area contributed by atoms with Crippen molar-refractivity contribution in [1.82, 2.24) is 14.8 Å². The van der Waals surface area contributed by atoms with Crippen molar-refractivity contribution in [2.24, 2.45) is 0 Å². The van der Waals surface area contributed by atoms with Gasteiger partial charge in [0.05, 0.1) is 15.9 Å². The second-order valence-corrected chi connectivity index (χ2v) is 7.85. The lowest BCUT2D eigenvalue weighted by atomic mass is 10.2. The summed E-state index contributed by atoms with van der Waals surface area (Å²) in [4.78, 5) is 19.4. The van der Waals surface area contributed by atoms with Crippen LogP contribution < -0.4 is 4.90 Å². The van der Waals surface area contributed by atoms with E-state index in [9.17, 15) is 9.18 Å². The van der Waals surface area contributed by atoms with E-state index in [4.69, 9.17) is 0 Å². The van der Waals surface area contributed by atoms with Crippen LogP contribution in [0.4, 0.5) is 9.52 Å². The second kappa shape index (κ2) is 6.53. The maximum atomic E-state index is 13.3. The van der Waals surface area contributed by atoms with Gasteiger partial charge in [0, 0.05) is 18.3 Å². The molecule has 0 saturated carbocycles. The van der Waals surface area contributed by atoms with E-state index in [1.807, 2.05) is 24.3 Å². The van der Waals surface area contributed by atoms with Gasteiger partial charge in [0.15, 0.2) is 10.8 Å². The molecule has 4 aromatic rings. The van der Waals surface area contributed by atoms with E-state index >= 15 is 0 Å². The van der Waals surface area contributed by atoms with Gasteiger partial charge in [0.25, 0.3) is 5.91 Å². The number of carbonyl (C=O) groups excluding carboxylic acids is 1. The Morgan fingerprint density at radius 3 is 2.71 bits per heavy atom. The molecule has 5 nitrogen and oxygen atoms in total. The van der Waals surface area contributed by atoms with E-state index in [0.717, 1.165) is 46.4 Å². The molecular formula is C21H17FN4OS. The molecular weight excluding hydrogens is 375 g/mol. The number of amides is 1. The van der Waals surface area contributed by atoms with Gasteiger partial charge in [-0.15, -0.1) is 0 Å². The number of nitrogens with zero attached hydrogens (tertiary/aromatic N) is 4. The Hall–Kier alpha value is -3.06. The van der Waals surface area contributed by atoms with Gasteiger partial charge in [-0.25, -0.2) is 14.1 Å². The van der Waals surface area contributed by atoms with Gasteiger partial charge in [-0.05, 0) is 55.7 Å². The predicted octanol–water partition coefficient (Wildman–Crippen LogP) is 4.39. The maximum Gasteiger partial charge on any atom is 0.280 e. The highest BCUT2D eigenvalue weighted by molar-refractivity contribution is 7.22. The first-order valence-electron chi connectivity index (χ1n) is 9.12. The van der Waals surface area contributed by atoms with Crippen LogP contribution in [0.15, 0.2) is 48.5 Å². The number of anilines is 1. The molecule has 140 valence electrons. The minimum Gasteiger partial charge on any atom is -0.286 e. The summed E-state index contributed by atoms with van der Waals surface area (Å²) in [5, 5.41) is 5.26. The van der Waals surface area contributed by atoms with E-state index in [1.165, 1.54) is 23.5 Å². The van der Waals surface area contributed by atoms with E-state index in [-0.39, 0.29) is 11.7 Å². The molecule has 0 bridgehead atoms. The highest BCUT2D eigenvalue weighted by Crippen LogP contribution is 2.32. The van der Waals surface area contributed by atoms with Crippen LogP contribution in [0.3, 0.4) is 0 Å². The van der Waals surface area contributed by atoms with Crippen LogP contribution in [0.1, 0.15) is 28.2 Å². The fourth-order valence-corrected chi connectivity index (χ4v) is 4.58. The number of para-hydroxylation sites is 1. The Morgan fingerprint density at radius 1 is 1.14 bits per heavy atom. The van der Waals surface area contributed by atoms with Gasteiger partial charge in [-0.1, -0.05) is 23.5 Å². The number of fused-ring (bicyclic) bond motifs is 2. The average molecular weight is 392 g/mol. The Labute approximate surface area is 165 Å². The SMILES string of the molecule is CN(C(=O)c1nn(-c2ccc(F)cc2)c2c1CCC2)c1nc2ccccc2s1. The van der Waals surface area contributed by atoms with Crippen LogP contribution >= 0.6 is 11.3 Å². The summed E-state index contributed by atoms with van der Waals surface area (Å²) in [5.41, 5.74) is 4.12. The van der Waals surface area contributed by atoms with Crippen molar-refractivity contribution in [1.29, 1.82) is 0 Å². The van der Waals surface area contributed by atoms with Crippen molar-refractivity contribution >= 4 is 32.6 Å². The molecule has 0 fully saturated rings. The number of carbonyl (C=O) groups is 1. The molecule has 2 aromatic heterocycles. The average Bonchev–Trinajstić information content (AvgIpc) is 3.42. The summed E-state index contributed by atoms with van der Waals surface area (Å²) in [6.45, 7) is 0. The van der Waals surface area contributed by atoms with Crippen molar-refractivity contribution in [2.75, 3.05) is 11.9 Å². The second-order valence-electron chi connectivity index (χ2n) is 6.84. The number of aromatic nitrogens is 3. The minimum absolute atomic E-state index is 0.168. The van der Waals surface area contributed by atoms with Gasteiger partial charge in [0.1, 0.15) is 5.82 Å². The summed E-state index contributed by atoms with van der Waals surface area (Å²) in [5.74, 6) is -0.461. The minimum atomic E-state index is -0.292. The van der Waals surface area contributed by atoms with Gasteiger partial charge in [0.2, 0.25) is 0 Å². The van der Waals surface area contributed by atoms with Crippen molar-refractivity contribution in [3.8, 4) is 5.69 Å². The number of thiazole rings is 1. The number of benzene rings is 2. The lowest BCUT2D eigenvalue weighted by molar-refractivity contribution is 0.0987. The highest BCUT2D eigenvalue weighted by Gasteiger charge is 2.29. The Morgan fingerprint density at radius 2 is 1.93 bits per heavy atom. The first kappa shape index (κ1) is 17.1. The van der Waals surface area contributed by atoms with Crippen LogP contribution in [0.2, 0.25) is 0 Å². The van der Waals surface area contributed by atoms with Crippen molar-refractivity contribution in [3.63, 3.8) is 0 Å². The zero-order chi connectivity index (χ0) is 19.3. The van der Waals surface area contributed by atoms with E-state index in [2.05, 4.69) is 10.1 Å². The predicted molar refractivity (Wildman–Crippen MR) is 108 cm³/mol. The molecule has 1 aliphatic rings. The van der Waals surface area contributed by atoms with E-state index in [0.29, 0.717) is 10.8 Å². The van der Waals surface area contributed by atoms with Gasteiger partial charge < -0.3 is 0 Å². The summed E-state index contributed by atoms with van der Waals surface area (Å²) in [6, 6.07) is 14.0. The van der Waals surface area contributed by atoms with Crippen molar-refractivity contribution < 1.29 is 9.18 Å². The van der Waals surface area contributed by atoms with Crippen LogP contribution in [-0.2, 0) is 12.8 Å². The third-order valence-electron chi connectivity index (χ3n) is 5.08. The maximum absolute atomic E-state index is 13.3. The van der Waals surface area contributed by atoms with E-state index in [1.54, 1.807) is 28.8 Å². The molecule has 0 spiro atoms. The number of hydrogen-bond donors (Lipinski definition) is 0. The Balaban J connectivity index is 1.54. The molecule has 0 unspecified atom stereocenters. The quantitative estimate of drug-likeness (QED) is 0.520. The number of hydrogen-bond acceptors (Lipinski definition) is 4. The third-order valence-corrected chi connectivity index (χ3v) is 6.19. The topological polar surface area (TPSA) is 51.0 Å². The first-order valence-corrected chi connectivity index (χ1v) is 9.94. The molecule has 1 aliphatic carbocycles. The molecule has 0 saturated heterocycles. The monoisotopic (exact) mass is 392 g/mol. The number of rotatable bonds is 3. The molecule has 0 atom stereocenters. The van der Waals surface area contributed by atoms with Crippen LogP contribution in [-0.4, -0.2) is 27.7 Å². The highest BCUT2D eigenvalue weighted by atomic mass is 32.1. The Bertz CT molecular complexity index is 1160. The molecule has 0 radical (unpaired) electrons. The van der Waals surface area contributed by atoms with E-state index < -0.39 is 0 Å². The van der Waals surface area contributed by atoms with Gasteiger partial charge >= 0.3 is 0 Å². The zero-order valence-electron chi connectivity index (χ0n) is 15.2.